The number of pyridine rings is 2. The summed E-state index contributed by atoms with van der Waals surface area (Å²) in [5, 5.41) is 9.44. The van der Waals surface area contributed by atoms with Crippen molar-refractivity contribution in [1.82, 2.24) is 19.7 Å². The molecular formula is C37H52N6OS. The second kappa shape index (κ2) is 12.7. The average Bonchev–Trinajstić information content (AvgIpc) is 4.00. The topological polar surface area (TPSA) is 75.9 Å². The highest BCUT2D eigenvalue weighted by Crippen LogP contribution is 2.93. The summed E-state index contributed by atoms with van der Waals surface area (Å²) >= 11 is 1.66. The van der Waals surface area contributed by atoms with E-state index < -0.39 is 0 Å². The van der Waals surface area contributed by atoms with Crippen LogP contribution in [0.25, 0.3) is 5.82 Å². The fourth-order valence-corrected chi connectivity index (χ4v) is 9.10. The molecule has 1 aliphatic heterocycles. The largest absolute Gasteiger partial charge is 0.370 e. The van der Waals surface area contributed by atoms with Crippen LogP contribution in [0.1, 0.15) is 108 Å². The first kappa shape index (κ1) is 32.1. The van der Waals surface area contributed by atoms with Crippen molar-refractivity contribution in [1.29, 1.82) is 0 Å². The maximum atomic E-state index is 12.7. The van der Waals surface area contributed by atoms with Crippen molar-refractivity contribution in [3.05, 3.63) is 53.9 Å². The van der Waals surface area contributed by atoms with Gasteiger partial charge < -0.3 is 10.2 Å². The van der Waals surface area contributed by atoms with E-state index in [2.05, 4.69) is 47.4 Å². The van der Waals surface area contributed by atoms with Crippen LogP contribution in [-0.4, -0.2) is 50.4 Å². The molecule has 4 heterocycles. The van der Waals surface area contributed by atoms with Crippen molar-refractivity contribution in [2.45, 2.75) is 109 Å². The number of hydrogen-bond donors (Lipinski definition) is 1. The predicted octanol–water partition coefficient (Wildman–Crippen LogP) is 8.62. The van der Waals surface area contributed by atoms with Crippen molar-refractivity contribution >= 4 is 29.2 Å². The third-order valence-corrected chi connectivity index (χ3v) is 11.8. The molecule has 3 aromatic heterocycles. The first-order valence-electron chi connectivity index (χ1n) is 17.3. The molecule has 7 rings (SSSR count). The standard InChI is InChI=1S/C35H46N6OS.C2H6/c1-24(42)27-13-14-30(41-21-15-26(39-41)9-5-10-28-34(16-17-34)35(28)18-19-35)38-32(27)40-23-25(22-33(40,2)3)8-7-20-36-29-11-6-12-31(37-29)43-4;1-2/h6,11-15,21,25,28H,5,7-10,16-20,22-23H2,1-4H3,(H,36,37);1-2H3. The number of thioether (sulfide) groups is 1. The molecule has 1 unspecified atom stereocenters. The lowest BCUT2D eigenvalue weighted by molar-refractivity contribution is 0.101. The second-order valence-corrected chi connectivity index (χ2v) is 15.1. The number of Topliss-reactive ketones (excluding diaryl/α,β-unsaturated/α-hetero) is 1. The number of nitrogens with one attached hydrogen (secondary N) is 1. The van der Waals surface area contributed by atoms with E-state index in [1.165, 1.54) is 38.5 Å². The number of carbonyl (C=O) groups is 1. The van der Waals surface area contributed by atoms with Gasteiger partial charge in [0.25, 0.3) is 0 Å². The number of rotatable bonds is 13. The van der Waals surface area contributed by atoms with Gasteiger partial charge in [0.05, 0.1) is 16.3 Å². The van der Waals surface area contributed by atoms with Gasteiger partial charge in [-0.05, 0) is 144 Å². The Labute approximate surface area is 274 Å². The number of carbonyl (C=O) groups excluding carboxylic acids is 1. The van der Waals surface area contributed by atoms with Crippen LogP contribution in [0.15, 0.2) is 47.6 Å². The molecule has 3 aliphatic carbocycles. The monoisotopic (exact) mass is 628 g/mol. The summed E-state index contributed by atoms with van der Waals surface area (Å²) in [5.74, 6) is 4.12. The summed E-state index contributed by atoms with van der Waals surface area (Å²) in [7, 11) is 0. The van der Waals surface area contributed by atoms with Gasteiger partial charge in [-0.2, -0.15) is 5.10 Å². The summed E-state index contributed by atoms with van der Waals surface area (Å²) in [6.07, 6.45) is 17.0. The van der Waals surface area contributed by atoms with E-state index in [0.717, 1.165) is 83.7 Å². The lowest BCUT2D eigenvalue weighted by atomic mass is 9.93. The van der Waals surface area contributed by atoms with E-state index in [0.29, 0.717) is 11.5 Å². The van der Waals surface area contributed by atoms with Crippen molar-refractivity contribution in [3.63, 3.8) is 0 Å². The highest BCUT2D eigenvalue weighted by Gasteiger charge is 2.85. The van der Waals surface area contributed by atoms with Crippen LogP contribution in [-0.2, 0) is 6.42 Å². The maximum absolute atomic E-state index is 12.7. The number of hydrogen-bond acceptors (Lipinski definition) is 7. The van der Waals surface area contributed by atoms with Gasteiger partial charge in [-0.15, -0.1) is 11.8 Å². The molecule has 3 saturated carbocycles. The zero-order chi connectivity index (χ0) is 31.8. The zero-order valence-corrected chi connectivity index (χ0v) is 29.1. The molecule has 1 saturated heterocycles. The lowest BCUT2D eigenvalue weighted by Crippen LogP contribution is -2.39. The molecule has 4 aliphatic rings. The Balaban J connectivity index is 0.00000175. The van der Waals surface area contributed by atoms with E-state index in [1.807, 2.05) is 49.0 Å². The Morgan fingerprint density at radius 3 is 2.44 bits per heavy atom. The molecule has 0 amide bonds. The van der Waals surface area contributed by atoms with E-state index >= 15 is 0 Å². The van der Waals surface area contributed by atoms with Crippen LogP contribution in [0.3, 0.4) is 0 Å². The minimum Gasteiger partial charge on any atom is -0.370 e. The number of fused-ring (bicyclic) bond motifs is 1. The Kier molecular flexibility index (Phi) is 9.08. The number of nitrogens with zero attached hydrogens (tertiary/aromatic N) is 5. The van der Waals surface area contributed by atoms with E-state index in [-0.39, 0.29) is 11.3 Å². The van der Waals surface area contributed by atoms with Crippen molar-refractivity contribution < 1.29 is 4.79 Å². The number of aryl methyl sites for hydroxylation is 1. The van der Waals surface area contributed by atoms with Crippen LogP contribution in [0.2, 0.25) is 0 Å². The predicted molar refractivity (Wildman–Crippen MR) is 186 cm³/mol. The third kappa shape index (κ3) is 6.28. The van der Waals surface area contributed by atoms with Crippen LogP contribution >= 0.6 is 11.8 Å². The molecule has 242 valence electrons. The molecule has 4 fully saturated rings. The summed E-state index contributed by atoms with van der Waals surface area (Å²) in [6, 6.07) is 12.2. The van der Waals surface area contributed by atoms with Gasteiger partial charge in [-0.3, -0.25) is 4.79 Å². The van der Waals surface area contributed by atoms with Crippen molar-refractivity contribution in [2.24, 2.45) is 22.7 Å². The van der Waals surface area contributed by atoms with E-state index in [4.69, 9.17) is 10.1 Å². The van der Waals surface area contributed by atoms with Crippen LogP contribution in [0.5, 0.6) is 0 Å². The number of anilines is 2. The van der Waals surface area contributed by atoms with Crippen molar-refractivity contribution in [2.75, 3.05) is 29.6 Å². The number of ketones is 1. The molecule has 1 atom stereocenters. The molecular weight excluding hydrogens is 577 g/mol. The molecule has 45 heavy (non-hydrogen) atoms. The normalized spacial score (nSPS) is 21.5. The Bertz CT molecular complexity index is 1490. The summed E-state index contributed by atoms with van der Waals surface area (Å²) in [4.78, 5) is 24.8. The van der Waals surface area contributed by atoms with Crippen LogP contribution in [0, 0.1) is 22.7 Å². The molecule has 8 heteroatoms. The molecule has 7 nitrogen and oxygen atoms in total. The highest BCUT2D eigenvalue weighted by molar-refractivity contribution is 7.98. The maximum Gasteiger partial charge on any atom is 0.163 e. The summed E-state index contributed by atoms with van der Waals surface area (Å²) < 4.78 is 1.90. The number of aromatic nitrogens is 4. The first-order chi connectivity index (χ1) is 21.7. The third-order valence-electron chi connectivity index (χ3n) is 11.1. The smallest absolute Gasteiger partial charge is 0.163 e. The van der Waals surface area contributed by atoms with Gasteiger partial charge >= 0.3 is 0 Å². The molecule has 2 spiro atoms. The summed E-state index contributed by atoms with van der Waals surface area (Å²) in [5.41, 5.74) is 3.33. The zero-order valence-electron chi connectivity index (χ0n) is 28.2. The van der Waals surface area contributed by atoms with Gasteiger partial charge in [0.1, 0.15) is 11.6 Å². The van der Waals surface area contributed by atoms with Gasteiger partial charge in [0, 0.05) is 24.8 Å². The quantitative estimate of drug-likeness (QED) is 0.115. The van der Waals surface area contributed by atoms with E-state index in [1.54, 1.807) is 18.7 Å². The van der Waals surface area contributed by atoms with Crippen LogP contribution < -0.4 is 10.2 Å². The van der Waals surface area contributed by atoms with Crippen LogP contribution in [0.4, 0.5) is 11.6 Å². The molecule has 1 N–H and O–H groups in total. The molecule has 0 aromatic carbocycles. The Morgan fingerprint density at radius 2 is 1.76 bits per heavy atom. The molecule has 3 aromatic rings. The molecule has 0 radical (unpaired) electrons. The minimum atomic E-state index is -0.0852. The van der Waals surface area contributed by atoms with Crippen molar-refractivity contribution in [3.8, 4) is 5.82 Å². The lowest BCUT2D eigenvalue weighted by Gasteiger charge is -2.33. The highest BCUT2D eigenvalue weighted by atomic mass is 32.2. The summed E-state index contributed by atoms with van der Waals surface area (Å²) in [6.45, 7) is 12.0. The average molecular weight is 629 g/mol. The van der Waals surface area contributed by atoms with Gasteiger partial charge in [-0.1, -0.05) is 19.9 Å². The Hall–Kier alpha value is -2.87. The second-order valence-electron chi connectivity index (χ2n) is 14.2. The fourth-order valence-electron chi connectivity index (χ4n) is 8.70. The SMILES string of the molecule is CC.CSc1cccc(NCCCC2CN(c3nc(-n4ccc(CCCC5C6(CC6)C56CC6)n4)ccc3C(C)=O)C(C)(C)C2)n1. The molecule has 0 bridgehead atoms. The first-order valence-corrected chi connectivity index (χ1v) is 18.6. The van der Waals surface area contributed by atoms with Gasteiger partial charge in [-0.25, -0.2) is 14.6 Å². The van der Waals surface area contributed by atoms with Gasteiger partial charge in [0.2, 0.25) is 0 Å². The Morgan fingerprint density at radius 1 is 1.00 bits per heavy atom. The van der Waals surface area contributed by atoms with Gasteiger partial charge in [0.15, 0.2) is 11.6 Å². The minimum absolute atomic E-state index is 0.0561. The van der Waals surface area contributed by atoms with E-state index in [9.17, 15) is 4.79 Å². The fraction of sp³-hybridized carbons (Fsp3) is 0.622.